The molecular formula is C16H20N4O2. The maximum Gasteiger partial charge on any atom is 0.273 e. The zero-order valence-corrected chi connectivity index (χ0v) is 12.7. The van der Waals surface area contributed by atoms with E-state index in [1.165, 1.54) is 11.1 Å². The Balaban J connectivity index is 1.58. The number of benzene rings is 1. The third-order valence-electron chi connectivity index (χ3n) is 3.88. The van der Waals surface area contributed by atoms with Crippen LogP contribution < -0.4 is 5.32 Å². The molecule has 1 aromatic carbocycles. The molecule has 1 aliphatic rings. The number of hydrogen-bond donors (Lipinski definition) is 1. The van der Waals surface area contributed by atoms with E-state index in [-0.39, 0.29) is 12.0 Å². The van der Waals surface area contributed by atoms with Gasteiger partial charge in [0.2, 0.25) is 0 Å². The number of carbonyl (C=O) groups is 1. The molecule has 0 bridgehead atoms. The number of hydrogen-bond acceptors (Lipinski definition) is 4. The van der Waals surface area contributed by atoms with Gasteiger partial charge in [0.15, 0.2) is 5.69 Å². The first kappa shape index (κ1) is 14.7. The van der Waals surface area contributed by atoms with Crippen LogP contribution >= 0.6 is 0 Å². The van der Waals surface area contributed by atoms with Crippen LogP contribution in [0.15, 0.2) is 30.5 Å². The molecule has 6 nitrogen and oxygen atoms in total. The molecule has 2 heterocycles. The van der Waals surface area contributed by atoms with Gasteiger partial charge in [-0.15, -0.1) is 5.10 Å². The second-order valence-corrected chi connectivity index (χ2v) is 5.57. The van der Waals surface area contributed by atoms with E-state index >= 15 is 0 Å². The van der Waals surface area contributed by atoms with Gasteiger partial charge < -0.3 is 10.1 Å². The number of carbonyl (C=O) groups excluding carboxylic acids is 1. The van der Waals surface area contributed by atoms with Gasteiger partial charge in [-0.25, -0.2) is 4.68 Å². The summed E-state index contributed by atoms with van der Waals surface area (Å²) in [5.74, 6) is -0.202. The average molecular weight is 300 g/mol. The van der Waals surface area contributed by atoms with Crippen LogP contribution in [0.5, 0.6) is 0 Å². The number of rotatable bonds is 5. The Morgan fingerprint density at radius 3 is 3.09 bits per heavy atom. The highest BCUT2D eigenvalue weighted by Crippen LogP contribution is 2.11. The predicted octanol–water partition coefficient (Wildman–Crippen LogP) is 1.54. The van der Waals surface area contributed by atoms with Crippen molar-refractivity contribution >= 4 is 5.91 Å². The van der Waals surface area contributed by atoms with Gasteiger partial charge >= 0.3 is 0 Å². The summed E-state index contributed by atoms with van der Waals surface area (Å²) >= 11 is 0. The van der Waals surface area contributed by atoms with Crippen molar-refractivity contribution in [1.29, 1.82) is 0 Å². The second kappa shape index (κ2) is 6.70. The molecule has 1 saturated heterocycles. The van der Waals surface area contributed by atoms with Crippen molar-refractivity contribution in [1.82, 2.24) is 20.3 Å². The first-order valence-corrected chi connectivity index (χ1v) is 7.57. The molecule has 6 heteroatoms. The summed E-state index contributed by atoms with van der Waals surface area (Å²) in [6.45, 7) is 3.98. The largest absolute Gasteiger partial charge is 0.376 e. The van der Waals surface area contributed by atoms with Crippen LogP contribution in [-0.4, -0.2) is 40.2 Å². The van der Waals surface area contributed by atoms with Gasteiger partial charge in [0.05, 0.1) is 18.8 Å². The molecule has 1 N–H and O–H groups in total. The van der Waals surface area contributed by atoms with Crippen molar-refractivity contribution in [3.8, 4) is 0 Å². The summed E-state index contributed by atoms with van der Waals surface area (Å²) in [5, 5.41) is 10.8. The number of aromatic nitrogens is 3. The van der Waals surface area contributed by atoms with Gasteiger partial charge in [-0.2, -0.15) is 0 Å². The first-order valence-electron chi connectivity index (χ1n) is 7.57. The fourth-order valence-corrected chi connectivity index (χ4v) is 2.54. The van der Waals surface area contributed by atoms with E-state index in [0.29, 0.717) is 18.8 Å². The summed E-state index contributed by atoms with van der Waals surface area (Å²) in [5.41, 5.74) is 2.70. The highest BCUT2D eigenvalue weighted by molar-refractivity contribution is 5.91. The van der Waals surface area contributed by atoms with Gasteiger partial charge in [0.25, 0.3) is 5.91 Å². The van der Waals surface area contributed by atoms with Crippen LogP contribution in [0.25, 0.3) is 0 Å². The van der Waals surface area contributed by atoms with Gasteiger partial charge in [-0.05, 0) is 30.9 Å². The zero-order valence-electron chi connectivity index (χ0n) is 12.7. The minimum Gasteiger partial charge on any atom is -0.376 e. The average Bonchev–Trinajstić information content (AvgIpc) is 3.19. The standard InChI is InChI=1S/C16H20N4O2/c1-12-5-2-3-6-13(12)10-20-11-15(18-19-20)16(21)17-9-14-7-4-8-22-14/h2-3,5-6,11,14H,4,7-10H2,1H3,(H,17,21)/t14-/m1/s1. The third kappa shape index (κ3) is 3.51. The summed E-state index contributed by atoms with van der Waals surface area (Å²) in [6, 6.07) is 8.11. The molecule has 1 aliphatic heterocycles. The first-order chi connectivity index (χ1) is 10.7. The molecule has 22 heavy (non-hydrogen) atoms. The summed E-state index contributed by atoms with van der Waals surface area (Å²) in [7, 11) is 0. The highest BCUT2D eigenvalue weighted by Gasteiger charge is 2.18. The Kier molecular flexibility index (Phi) is 4.48. The van der Waals surface area contributed by atoms with Crippen LogP contribution in [-0.2, 0) is 11.3 Å². The van der Waals surface area contributed by atoms with Crippen molar-refractivity contribution in [2.24, 2.45) is 0 Å². The lowest BCUT2D eigenvalue weighted by atomic mass is 10.1. The fraction of sp³-hybridized carbons (Fsp3) is 0.438. The molecule has 1 amide bonds. The van der Waals surface area contributed by atoms with E-state index in [2.05, 4.69) is 28.6 Å². The Hall–Kier alpha value is -2.21. The van der Waals surface area contributed by atoms with Crippen LogP contribution in [0.4, 0.5) is 0 Å². The molecule has 3 rings (SSSR count). The minimum atomic E-state index is -0.202. The van der Waals surface area contributed by atoms with E-state index in [1.807, 2.05) is 18.2 Å². The molecule has 1 fully saturated rings. The number of ether oxygens (including phenoxy) is 1. The smallest absolute Gasteiger partial charge is 0.273 e. The number of aryl methyl sites for hydroxylation is 1. The number of amides is 1. The molecule has 116 valence electrons. The third-order valence-corrected chi connectivity index (χ3v) is 3.88. The van der Waals surface area contributed by atoms with Gasteiger partial charge in [0, 0.05) is 13.2 Å². The van der Waals surface area contributed by atoms with E-state index < -0.39 is 0 Å². The Morgan fingerprint density at radius 1 is 1.45 bits per heavy atom. The predicted molar refractivity (Wildman–Crippen MR) is 81.6 cm³/mol. The van der Waals surface area contributed by atoms with E-state index in [0.717, 1.165) is 19.4 Å². The van der Waals surface area contributed by atoms with Gasteiger partial charge in [0.1, 0.15) is 0 Å². The summed E-state index contributed by atoms with van der Waals surface area (Å²) < 4.78 is 7.16. The zero-order chi connectivity index (χ0) is 15.4. The van der Waals surface area contributed by atoms with Crippen molar-refractivity contribution in [3.63, 3.8) is 0 Å². The van der Waals surface area contributed by atoms with Crippen LogP contribution in [0.3, 0.4) is 0 Å². The number of nitrogens with one attached hydrogen (secondary N) is 1. The number of nitrogens with zero attached hydrogens (tertiary/aromatic N) is 3. The lowest BCUT2D eigenvalue weighted by Crippen LogP contribution is -2.31. The summed E-state index contributed by atoms with van der Waals surface area (Å²) in [6.07, 6.45) is 3.87. The lowest BCUT2D eigenvalue weighted by molar-refractivity contribution is 0.0853. The van der Waals surface area contributed by atoms with Crippen molar-refractivity contribution < 1.29 is 9.53 Å². The second-order valence-electron chi connectivity index (χ2n) is 5.57. The van der Waals surface area contributed by atoms with Gasteiger partial charge in [-0.3, -0.25) is 4.79 Å². The molecule has 0 radical (unpaired) electrons. The SMILES string of the molecule is Cc1ccccc1Cn1cc(C(=O)NC[C@H]2CCCO2)nn1. The highest BCUT2D eigenvalue weighted by atomic mass is 16.5. The molecule has 0 spiro atoms. The maximum atomic E-state index is 12.1. The maximum absolute atomic E-state index is 12.1. The molecule has 1 aromatic heterocycles. The van der Waals surface area contributed by atoms with Crippen molar-refractivity contribution in [3.05, 3.63) is 47.3 Å². The van der Waals surface area contributed by atoms with Crippen LogP contribution in [0.1, 0.15) is 34.5 Å². The van der Waals surface area contributed by atoms with E-state index in [4.69, 9.17) is 4.74 Å². The van der Waals surface area contributed by atoms with Gasteiger partial charge in [-0.1, -0.05) is 29.5 Å². The van der Waals surface area contributed by atoms with E-state index in [9.17, 15) is 4.79 Å². The normalized spacial score (nSPS) is 17.6. The van der Waals surface area contributed by atoms with Crippen LogP contribution in [0, 0.1) is 6.92 Å². The molecule has 0 aliphatic carbocycles. The fourth-order valence-electron chi connectivity index (χ4n) is 2.54. The van der Waals surface area contributed by atoms with E-state index in [1.54, 1.807) is 10.9 Å². The van der Waals surface area contributed by atoms with Crippen LogP contribution in [0.2, 0.25) is 0 Å². The molecule has 0 unspecified atom stereocenters. The monoisotopic (exact) mass is 300 g/mol. The van der Waals surface area contributed by atoms with Crippen molar-refractivity contribution in [2.75, 3.05) is 13.2 Å². The lowest BCUT2D eigenvalue weighted by Gasteiger charge is -2.09. The summed E-state index contributed by atoms with van der Waals surface area (Å²) in [4.78, 5) is 12.1. The molecular weight excluding hydrogens is 280 g/mol. The molecule has 1 atom stereocenters. The topological polar surface area (TPSA) is 69.0 Å². The Morgan fingerprint density at radius 2 is 2.32 bits per heavy atom. The Bertz CT molecular complexity index is 647. The quantitative estimate of drug-likeness (QED) is 0.909. The molecule has 2 aromatic rings. The minimum absolute atomic E-state index is 0.131. The van der Waals surface area contributed by atoms with Crippen molar-refractivity contribution in [2.45, 2.75) is 32.4 Å². The Labute approximate surface area is 129 Å². The molecule has 0 saturated carbocycles.